The van der Waals surface area contributed by atoms with Gasteiger partial charge in [-0.1, -0.05) is 45.2 Å². The van der Waals surface area contributed by atoms with Crippen molar-refractivity contribution >= 4 is 0 Å². The number of aliphatic hydroxyl groups excluding tert-OH is 1. The SMILES string of the molecule is CCCCCC(C)C(O)c1ccc(O)cc1. The molecule has 2 atom stereocenters. The lowest BCUT2D eigenvalue weighted by Crippen LogP contribution is -2.09. The van der Waals surface area contributed by atoms with Gasteiger partial charge >= 0.3 is 0 Å². The highest BCUT2D eigenvalue weighted by Crippen LogP contribution is 2.27. The Morgan fingerprint density at radius 3 is 2.31 bits per heavy atom. The summed E-state index contributed by atoms with van der Waals surface area (Å²) in [5.74, 6) is 0.519. The van der Waals surface area contributed by atoms with E-state index in [-0.39, 0.29) is 11.7 Å². The molecule has 1 aromatic carbocycles. The molecule has 0 aliphatic heterocycles. The molecule has 0 saturated carbocycles. The van der Waals surface area contributed by atoms with Gasteiger partial charge in [-0.2, -0.15) is 0 Å². The van der Waals surface area contributed by atoms with Gasteiger partial charge in [-0.05, 0) is 30.0 Å². The van der Waals surface area contributed by atoms with Crippen molar-refractivity contribution in [2.75, 3.05) is 0 Å². The van der Waals surface area contributed by atoms with Crippen LogP contribution in [0.4, 0.5) is 0 Å². The molecule has 0 fully saturated rings. The molecular formula is C14H22O2. The van der Waals surface area contributed by atoms with Crippen molar-refractivity contribution < 1.29 is 10.2 Å². The van der Waals surface area contributed by atoms with Gasteiger partial charge in [-0.15, -0.1) is 0 Å². The maximum atomic E-state index is 10.1. The van der Waals surface area contributed by atoms with Gasteiger partial charge in [0.05, 0.1) is 6.10 Å². The zero-order chi connectivity index (χ0) is 12.0. The van der Waals surface area contributed by atoms with E-state index in [2.05, 4.69) is 13.8 Å². The first-order valence-electron chi connectivity index (χ1n) is 6.12. The standard InChI is InChI=1S/C14H22O2/c1-3-4-5-6-11(2)14(16)12-7-9-13(15)10-8-12/h7-11,14-16H,3-6H2,1-2H3. The van der Waals surface area contributed by atoms with Crippen LogP contribution in [0.1, 0.15) is 51.2 Å². The highest BCUT2D eigenvalue weighted by molar-refractivity contribution is 5.27. The van der Waals surface area contributed by atoms with Crippen LogP contribution >= 0.6 is 0 Å². The van der Waals surface area contributed by atoms with Crippen LogP contribution in [-0.2, 0) is 0 Å². The van der Waals surface area contributed by atoms with Gasteiger partial charge in [0.2, 0.25) is 0 Å². The van der Waals surface area contributed by atoms with Crippen LogP contribution in [0, 0.1) is 5.92 Å². The Morgan fingerprint density at radius 2 is 1.75 bits per heavy atom. The van der Waals surface area contributed by atoms with Crippen molar-refractivity contribution in [3.8, 4) is 5.75 Å². The minimum atomic E-state index is -0.419. The molecule has 2 nitrogen and oxygen atoms in total. The van der Waals surface area contributed by atoms with Crippen molar-refractivity contribution in [3.63, 3.8) is 0 Å². The van der Waals surface area contributed by atoms with Crippen LogP contribution < -0.4 is 0 Å². The molecule has 0 radical (unpaired) electrons. The highest BCUT2D eigenvalue weighted by Gasteiger charge is 2.15. The molecule has 2 N–H and O–H groups in total. The topological polar surface area (TPSA) is 40.5 Å². The van der Waals surface area contributed by atoms with Gasteiger partial charge in [-0.3, -0.25) is 0 Å². The third-order valence-electron chi connectivity index (χ3n) is 3.04. The van der Waals surface area contributed by atoms with E-state index in [0.29, 0.717) is 0 Å². The second-order valence-electron chi connectivity index (χ2n) is 4.51. The average molecular weight is 222 g/mol. The maximum absolute atomic E-state index is 10.1. The van der Waals surface area contributed by atoms with Gasteiger partial charge in [0.15, 0.2) is 0 Å². The van der Waals surface area contributed by atoms with E-state index in [1.54, 1.807) is 24.3 Å². The Labute approximate surface area is 97.9 Å². The maximum Gasteiger partial charge on any atom is 0.115 e. The number of hydrogen-bond acceptors (Lipinski definition) is 2. The van der Waals surface area contributed by atoms with E-state index in [4.69, 9.17) is 5.11 Å². The summed E-state index contributed by atoms with van der Waals surface area (Å²) >= 11 is 0. The monoisotopic (exact) mass is 222 g/mol. The quantitative estimate of drug-likeness (QED) is 0.721. The highest BCUT2D eigenvalue weighted by atomic mass is 16.3. The molecule has 0 amide bonds. The number of aliphatic hydroxyl groups is 1. The Hall–Kier alpha value is -1.02. The summed E-state index contributed by atoms with van der Waals surface area (Å²) in [6.07, 6.45) is 4.25. The van der Waals surface area contributed by atoms with Crippen molar-refractivity contribution in [1.82, 2.24) is 0 Å². The molecule has 16 heavy (non-hydrogen) atoms. The molecule has 0 saturated heterocycles. The first-order chi connectivity index (χ1) is 7.65. The Bertz CT molecular complexity index is 292. The number of aromatic hydroxyl groups is 1. The van der Waals surface area contributed by atoms with Gasteiger partial charge in [0.25, 0.3) is 0 Å². The van der Waals surface area contributed by atoms with Crippen LogP contribution in [0.5, 0.6) is 5.75 Å². The smallest absolute Gasteiger partial charge is 0.115 e. The zero-order valence-electron chi connectivity index (χ0n) is 10.2. The molecule has 2 heteroatoms. The predicted octanol–water partition coefficient (Wildman–Crippen LogP) is 3.64. The van der Waals surface area contributed by atoms with Crippen molar-refractivity contribution in [3.05, 3.63) is 29.8 Å². The van der Waals surface area contributed by atoms with Crippen LogP contribution in [0.15, 0.2) is 24.3 Å². The summed E-state index contributed by atoms with van der Waals surface area (Å²) in [6, 6.07) is 6.82. The van der Waals surface area contributed by atoms with Crippen LogP contribution in [-0.4, -0.2) is 10.2 Å². The second-order valence-corrected chi connectivity index (χ2v) is 4.51. The molecule has 0 aliphatic rings. The largest absolute Gasteiger partial charge is 0.508 e. The van der Waals surface area contributed by atoms with E-state index in [0.717, 1.165) is 12.0 Å². The lowest BCUT2D eigenvalue weighted by Gasteiger charge is -2.19. The molecule has 1 rings (SSSR count). The third-order valence-corrected chi connectivity index (χ3v) is 3.04. The normalized spacial score (nSPS) is 14.7. The minimum absolute atomic E-state index is 0.245. The summed E-state index contributed by atoms with van der Waals surface area (Å²) < 4.78 is 0. The number of unbranched alkanes of at least 4 members (excludes halogenated alkanes) is 2. The fourth-order valence-corrected chi connectivity index (χ4v) is 1.87. The van der Waals surface area contributed by atoms with Crippen molar-refractivity contribution in [2.24, 2.45) is 5.92 Å². The Kier molecular flexibility index (Phi) is 5.33. The summed E-state index contributed by atoms with van der Waals surface area (Å²) in [7, 11) is 0. The van der Waals surface area contributed by atoms with Crippen LogP contribution in [0.2, 0.25) is 0 Å². The van der Waals surface area contributed by atoms with E-state index < -0.39 is 6.10 Å². The van der Waals surface area contributed by atoms with E-state index in [1.165, 1.54) is 19.3 Å². The number of phenolic OH excluding ortho intramolecular Hbond substituents is 1. The molecule has 0 aliphatic carbocycles. The van der Waals surface area contributed by atoms with Gasteiger partial charge in [-0.25, -0.2) is 0 Å². The van der Waals surface area contributed by atoms with Crippen molar-refractivity contribution in [1.29, 1.82) is 0 Å². The average Bonchev–Trinajstić information content (AvgIpc) is 2.29. The number of rotatable bonds is 6. The number of phenols is 1. The second kappa shape index (κ2) is 6.54. The molecule has 90 valence electrons. The third kappa shape index (κ3) is 3.86. The van der Waals surface area contributed by atoms with E-state index in [9.17, 15) is 5.11 Å². The Morgan fingerprint density at radius 1 is 1.12 bits per heavy atom. The summed E-state index contributed by atoms with van der Waals surface area (Å²) in [5.41, 5.74) is 0.891. The lowest BCUT2D eigenvalue weighted by molar-refractivity contribution is 0.111. The van der Waals surface area contributed by atoms with Gasteiger partial charge in [0.1, 0.15) is 5.75 Å². The molecule has 0 spiro atoms. The van der Waals surface area contributed by atoms with Crippen LogP contribution in [0.3, 0.4) is 0 Å². The Balaban J connectivity index is 2.49. The lowest BCUT2D eigenvalue weighted by atomic mass is 9.92. The molecule has 0 heterocycles. The number of hydrogen-bond donors (Lipinski definition) is 2. The van der Waals surface area contributed by atoms with E-state index >= 15 is 0 Å². The summed E-state index contributed by atoms with van der Waals surface area (Å²) in [6.45, 7) is 4.26. The first kappa shape index (κ1) is 13.0. The summed E-state index contributed by atoms with van der Waals surface area (Å²) in [5, 5.41) is 19.3. The molecule has 0 bridgehead atoms. The van der Waals surface area contributed by atoms with Gasteiger partial charge in [0, 0.05) is 0 Å². The predicted molar refractivity (Wildman–Crippen MR) is 66.4 cm³/mol. The fourth-order valence-electron chi connectivity index (χ4n) is 1.87. The zero-order valence-corrected chi connectivity index (χ0v) is 10.2. The van der Waals surface area contributed by atoms with Crippen LogP contribution in [0.25, 0.3) is 0 Å². The molecule has 0 aromatic heterocycles. The summed E-state index contributed by atoms with van der Waals surface area (Å²) in [4.78, 5) is 0. The fraction of sp³-hybridized carbons (Fsp3) is 0.571. The first-order valence-corrected chi connectivity index (χ1v) is 6.12. The van der Waals surface area contributed by atoms with Crippen molar-refractivity contribution in [2.45, 2.75) is 45.6 Å². The number of benzene rings is 1. The minimum Gasteiger partial charge on any atom is -0.508 e. The molecular weight excluding hydrogens is 200 g/mol. The molecule has 2 unspecified atom stereocenters. The van der Waals surface area contributed by atoms with E-state index in [1.807, 2.05) is 0 Å². The molecule has 1 aromatic rings. The van der Waals surface area contributed by atoms with Gasteiger partial charge < -0.3 is 10.2 Å².